The summed E-state index contributed by atoms with van der Waals surface area (Å²) >= 11 is 13.7. The van der Waals surface area contributed by atoms with Crippen molar-refractivity contribution in [3.63, 3.8) is 0 Å². The van der Waals surface area contributed by atoms with Crippen LogP contribution in [0.25, 0.3) is 10.2 Å². The molecule has 4 nitrogen and oxygen atoms in total. The normalized spacial score (nSPS) is 16.7. The summed E-state index contributed by atoms with van der Waals surface area (Å²) in [7, 11) is 0. The Balaban J connectivity index is 1.61. The molecule has 0 atom stereocenters. The minimum Gasteiger partial charge on any atom is -0.379 e. The van der Waals surface area contributed by atoms with Crippen LogP contribution >= 0.6 is 34.5 Å². The zero-order valence-electron chi connectivity index (χ0n) is 10.9. The number of thiazole rings is 1. The van der Waals surface area contributed by atoms with Gasteiger partial charge < -0.3 is 10.1 Å². The maximum atomic E-state index is 6.14. The Hall–Kier alpha value is -0.590. The maximum Gasteiger partial charge on any atom is 0.183 e. The Labute approximate surface area is 131 Å². The van der Waals surface area contributed by atoms with Gasteiger partial charge in [0.05, 0.1) is 22.9 Å². The van der Waals surface area contributed by atoms with Gasteiger partial charge >= 0.3 is 0 Å². The summed E-state index contributed by atoms with van der Waals surface area (Å²) in [5.41, 5.74) is 0.815. The van der Waals surface area contributed by atoms with Crippen molar-refractivity contribution in [2.75, 3.05) is 44.7 Å². The van der Waals surface area contributed by atoms with Gasteiger partial charge in [-0.25, -0.2) is 4.98 Å². The molecule has 1 aromatic heterocycles. The van der Waals surface area contributed by atoms with E-state index < -0.39 is 0 Å². The van der Waals surface area contributed by atoms with Crippen LogP contribution in [0.4, 0.5) is 5.13 Å². The van der Waals surface area contributed by atoms with Crippen LogP contribution in [0, 0.1) is 0 Å². The molecule has 0 radical (unpaired) electrons. The average Bonchev–Trinajstić information content (AvgIpc) is 2.83. The SMILES string of the molecule is Clc1cc(Cl)c2nc(NCCN3CCOCC3)sc2c1. The van der Waals surface area contributed by atoms with Crippen LogP contribution in [-0.2, 0) is 4.74 Å². The molecule has 0 spiro atoms. The van der Waals surface area contributed by atoms with Crippen molar-refractivity contribution in [3.8, 4) is 0 Å². The molecule has 7 heteroatoms. The Morgan fingerprint density at radius 3 is 2.90 bits per heavy atom. The first-order valence-corrected chi connectivity index (χ1v) is 8.09. The number of hydrogen-bond donors (Lipinski definition) is 1. The number of aromatic nitrogens is 1. The van der Waals surface area contributed by atoms with Crippen molar-refractivity contribution in [2.45, 2.75) is 0 Å². The summed E-state index contributed by atoms with van der Waals surface area (Å²) < 4.78 is 6.34. The van der Waals surface area contributed by atoms with Gasteiger partial charge in [0.2, 0.25) is 0 Å². The number of benzene rings is 1. The highest BCUT2D eigenvalue weighted by Gasteiger charge is 2.11. The lowest BCUT2D eigenvalue weighted by Crippen LogP contribution is -2.38. The van der Waals surface area contributed by atoms with Gasteiger partial charge in [0, 0.05) is 31.2 Å². The zero-order valence-corrected chi connectivity index (χ0v) is 13.2. The quantitative estimate of drug-likeness (QED) is 0.932. The van der Waals surface area contributed by atoms with Gasteiger partial charge in [0.25, 0.3) is 0 Å². The minimum absolute atomic E-state index is 0.602. The summed E-state index contributed by atoms with van der Waals surface area (Å²) in [4.78, 5) is 6.89. The van der Waals surface area contributed by atoms with Crippen LogP contribution in [0.1, 0.15) is 0 Å². The zero-order chi connectivity index (χ0) is 13.9. The van der Waals surface area contributed by atoms with Gasteiger partial charge in [-0.3, -0.25) is 4.90 Å². The molecule has 0 saturated carbocycles. The Bertz CT molecular complexity index is 599. The highest BCUT2D eigenvalue weighted by molar-refractivity contribution is 7.22. The van der Waals surface area contributed by atoms with Crippen LogP contribution in [-0.4, -0.2) is 49.3 Å². The Kier molecular flexibility index (Phi) is 4.63. The fourth-order valence-corrected chi connectivity index (χ4v) is 3.79. The smallest absolute Gasteiger partial charge is 0.183 e. The van der Waals surface area contributed by atoms with Gasteiger partial charge in [-0.05, 0) is 12.1 Å². The fraction of sp³-hybridized carbons (Fsp3) is 0.462. The molecule has 108 valence electrons. The van der Waals surface area contributed by atoms with Crippen molar-refractivity contribution < 1.29 is 4.74 Å². The monoisotopic (exact) mass is 331 g/mol. The number of morpholine rings is 1. The van der Waals surface area contributed by atoms with Crippen molar-refractivity contribution in [1.29, 1.82) is 0 Å². The molecule has 1 N–H and O–H groups in total. The van der Waals surface area contributed by atoms with E-state index >= 15 is 0 Å². The third kappa shape index (κ3) is 3.35. The first-order chi connectivity index (χ1) is 9.72. The number of anilines is 1. The average molecular weight is 332 g/mol. The van der Waals surface area contributed by atoms with E-state index in [1.807, 2.05) is 6.07 Å². The molecule has 20 heavy (non-hydrogen) atoms. The number of nitrogens with one attached hydrogen (secondary N) is 1. The van der Waals surface area contributed by atoms with E-state index in [1.54, 1.807) is 17.4 Å². The molecule has 0 aliphatic carbocycles. The first kappa shape index (κ1) is 14.4. The summed E-state index contributed by atoms with van der Waals surface area (Å²) in [5, 5.41) is 5.48. The lowest BCUT2D eigenvalue weighted by atomic mass is 10.3. The number of nitrogens with zero attached hydrogens (tertiary/aromatic N) is 2. The third-order valence-corrected chi connectivity index (χ3v) is 4.69. The number of halogens is 2. The molecule has 1 aliphatic heterocycles. The fourth-order valence-electron chi connectivity index (χ4n) is 2.18. The van der Waals surface area contributed by atoms with Crippen molar-refractivity contribution in [1.82, 2.24) is 9.88 Å². The molecule has 3 rings (SSSR count). The topological polar surface area (TPSA) is 37.4 Å². The number of hydrogen-bond acceptors (Lipinski definition) is 5. The van der Waals surface area contributed by atoms with Crippen LogP contribution in [0.5, 0.6) is 0 Å². The first-order valence-electron chi connectivity index (χ1n) is 6.52. The highest BCUT2D eigenvalue weighted by Crippen LogP contribution is 2.33. The Morgan fingerprint density at radius 1 is 1.30 bits per heavy atom. The van der Waals surface area contributed by atoms with Gasteiger partial charge in [0.1, 0.15) is 5.52 Å². The molecule has 0 bridgehead atoms. The van der Waals surface area contributed by atoms with Gasteiger partial charge in [-0.2, -0.15) is 0 Å². The predicted octanol–water partition coefficient (Wildman–Crippen LogP) is 3.35. The van der Waals surface area contributed by atoms with Gasteiger partial charge in [-0.1, -0.05) is 34.5 Å². The van der Waals surface area contributed by atoms with E-state index in [1.165, 1.54) is 0 Å². The maximum absolute atomic E-state index is 6.14. The van der Waals surface area contributed by atoms with Crippen molar-refractivity contribution in [3.05, 3.63) is 22.2 Å². The number of ether oxygens (including phenoxy) is 1. The standard InChI is InChI=1S/C13H15Cl2N3OS/c14-9-7-10(15)12-11(8-9)20-13(17-12)16-1-2-18-3-5-19-6-4-18/h7-8H,1-6H2,(H,16,17). The van der Waals surface area contributed by atoms with Gasteiger partial charge in [-0.15, -0.1) is 0 Å². The summed E-state index contributed by atoms with van der Waals surface area (Å²) in [6.07, 6.45) is 0. The molecular weight excluding hydrogens is 317 g/mol. The molecule has 1 aromatic carbocycles. The number of fused-ring (bicyclic) bond motifs is 1. The summed E-state index contributed by atoms with van der Waals surface area (Å²) in [6, 6.07) is 3.62. The lowest BCUT2D eigenvalue weighted by Gasteiger charge is -2.26. The van der Waals surface area contributed by atoms with Crippen LogP contribution in [0.15, 0.2) is 12.1 Å². The van der Waals surface area contributed by atoms with E-state index in [0.717, 1.165) is 54.7 Å². The van der Waals surface area contributed by atoms with E-state index in [9.17, 15) is 0 Å². The van der Waals surface area contributed by atoms with Gasteiger partial charge in [0.15, 0.2) is 5.13 Å². The molecular formula is C13H15Cl2N3OS. The van der Waals surface area contributed by atoms with Crippen LogP contribution in [0.2, 0.25) is 10.0 Å². The van der Waals surface area contributed by atoms with Crippen molar-refractivity contribution >= 4 is 49.9 Å². The van der Waals surface area contributed by atoms with E-state index in [4.69, 9.17) is 27.9 Å². The molecule has 2 heterocycles. The minimum atomic E-state index is 0.602. The molecule has 1 fully saturated rings. The third-order valence-electron chi connectivity index (χ3n) is 3.22. The second kappa shape index (κ2) is 6.45. The molecule has 2 aromatic rings. The Morgan fingerprint density at radius 2 is 2.10 bits per heavy atom. The molecule has 0 unspecified atom stereocenters. The summed E-state index contributed by atoms with van der Waals surface area (Å²) in [5.74, 6) is 0. The predicted molar refractivity (Wildman–Crippen MR) is 85.4 cm³/mol. The van der Waals surface area contributed by atoms with Crippen molar-refractivity contribution in [2.24, 2.45) is 0 Å². The van der Waals surface area contributed by atoms with Crippen LogP contribution in [0.3, 0.4) is 0 Å². The summed E-state index contributed by atoms with van der Waals surface area (Å²) in [6.45, 7) is 5.52. The lowest BCUT2D eigenvalue weighted by molar-refractivity contribution is 0.0398. The van der Waals surface area contributed by atoms with E-state index in [-0.39, 0.29) is 0 Å². The van der Waals surface area contributed by atoms with Crippen LogP contribution < -0.4 is 5.32 Å². The largest absolute Gasteiger partial charge is 0.379 e. The van der Waals surface area contributed by atoms with E-state index in [2.05, 4.69) is 15.2 Å². The van der Waals surface area contributed by atoms with E-state index in [0.29, 0.717) is 10.0 Å². The molecule has 0 amide bonds. The highest BCUT2D eigenvalue weighted by atomic mass is 35.5. The molecule has 1 aliphatic rings. The molecule has 1 saturated heterocycles. The second-order valence-corrected chi connectivity index (χ2v) is 6.51. The number of rotatable bonds is 4. The second-order valence-electron chi connectivity index (χ2n) is 4.63.